The van der Waals surface area contributed by atoms with Gasteiger partial charge < -0.3 is 10.1 Å². The lowest BCUT2D eigenvalue weighted by Crippen LogP contribution is -2.14. The van der Waals surface area contributed by atoms with Crippen LogP contribution in [0.1, 0.15) is 17.8 Å². The molecule has 1 heterocycles. The maximum Gasteiger partial charge on any atom is 0.387 e. The van der Waals surface area contributed by atoms with E-state index in [0.29, 0.717) is 17.3 Å². The predicted octanol–water partition coefficient (Wildman–Crippen LogP) is 3.66. The molecule has 0 saturated heterocycles. The molecule has 0 bridgehead atoms. The number of halogens is 2. The van der Waals surface area contributed by atoms with Crippen LogP contribution < -0.4 is 10.1 Å². The standard InChI is InChI=1S/C14H14F2N2OS/c15-14(16)19-12-4-2-1-3-10(12)11-8-20-13(18-11)7-17-9-5-6-9/h1-4,8-9,14,17H,5-7H2. The number of nitrogens with one attached hydrogen (secondary N) is 1. The van der Waals surface area contributed by atoms with Crippen LogP contribution >= 0.6 is 11.3 Å². The van der Waals surface area contributed by atoms with Crippen LogP contribution in [0.25, 0.3) is 11.3 Å². The van der Waals surface area contributed by atoms with E-state index in [9.17, 15) is 8.78 Å². The first kappa shape index (κ1) is 13.5. The van der Waals surface area contributed by atoms with Crippen LogP contribution in [0.15, 0.2) is 29.6 Å². The molecule has 3 rings (SSSR count). The molecule has 3 nitrogen and oxygen atoms in total. The molecule has 2 aromatic rings. The highest BCUT2D eigenvalue weighted by Gasteiger charge is 2.20. The van der Waals surface area contributed by atoms with Gasteiger partial charge in [0.15, 0.2) is 0 Å². The van der Waals surface area contributed by atoms with Gasteiger partial charge in [0.2, 0.25) is 0 Å². The van der Waals surface area contributed by atoms with Gasteiger partial charge in [-0.25, -0.2) is 4.98 Å². The molecule has 6 heteroatoms. The summed E-state index contributed by atoms with van der Waals surface area (Å²) in [6, 6.07) is 7.35. The van der Waals surface area contributed by atoms with Crippen molar-refractivity contribution in [3.63, 3.8) is 0 Å². The first-order valence-electron chi connectivity index (χ1n) is 6.44. The van der Waals surface area contributed by atoms with Gasteiger partial charge in [-0.3, -0.25) is 0 Å². The highest BCUT2D eigenvalue weighted by molar-refractivity contribution is 7.09. The van der Waals surface area contributed by atoms with Crippen molar-refractivity contribution in [2.45, 2.75) is 32.0 Å². The van der Waals surface area contributed by atoms with E-state index in [4.69, 9.17) is 0 Å². The zero-order valence-electron chi connectivity index (χ0n) is 10.7. The predicted molar refractivity (Wildman–Crippen MR) is 74.0 cm³/mol. The van der Waals surface area contributed by atoms with Crippen molar-refractivity contribution >= 4 is 11.3 Å². The Bertz CT molecular complexity index is 584. The second kappa shape index (κ2) is 5.85. The fourth-order valence-electron chi connectivity index (χ4n) is 1.91. The third kappa shape index (κ3) is 3.32. The first-order valence-corrected chi connectivity index (χ1v) is 7.32. The molecule has 0 atom stereocenters. The van der Waals surface area contributed by atoms with Crippen LogP contribution in [0.2, 0.25) is 0 Å². The Kier molecular flexibility index (Phi) is 3.93. The smallest absolute Gasteiger partial charge is 0.387 e. The molecule has 0 unspecified atom stereocenters. The Morgan fingerprint density at radius 2 is 2.15 bits per heavy atom. The molecule has 20 heavy (non-hydrogen) atoms. The molecule has 0 aliphatic heterocycles. The van der Waals surface area contributed by atoms with Crippen molar-refractivity contribution in [2.75, 3.05) is 0 Å². The number of alkyl halides is 2. The molecule has 1 aromatic carbocycles. The third-order valence-electron chi connectivity index (χ3n) is 3.05. The Morgan fingerprint density at radius 1 is 1.35 bits per heavy atom. The summed E-state index contributed by atoms with van der Waals surface area (Å²) in [5.41, 5.74) is 1.28. The van der Waals surface area contributed by atoms with Gasteiger partial charge in [0.1, 0.15) is 10.8 Å². The number of ether oxygens (including phenoxy) is 1. The van der Waals surface area contributed by atoms with E-state index in [-0.39, 0.29) is 5.75 Å². The van der Waals surface area contributed by atoms with E-state index < -0.39 is 6.61 Å². The number of hydrogen-bond donors (Lipinski definition) is 1. The summed E-state index contributed by atoms with van der Waals surface area (Å²) >= 11 is 1.53. The van der Waals surface area contributed by atoms with E-state index in [1.165, 1.54) is 30.2 Å². The van der Waals surface area contributed by atoms with Gasteiger partial charge in [0, 0.05) is 23.5 Å². The van der Waals surface area contributed by atoms with Crippen LogP contribution in [-0.4, -0.2) is 17.6 Å². The molecule has 1 saturated carbocycles. The monoisotopic (exact) mass is 296 g/mol. The number of nitrogens with zero attached hydrogens (tertiary/aromatic N) is 1. The summed E-state index contributed by atoms with van der Waals surface area (Å²) in [6.45, 7) is -2.10. The lowest BCUT2D eigenvalue weighted by molar-refractivity contribution is -0.0494. The molecule has 1 N–H and O–H groups in total. The Morgan fingerprint density at radius 3 is 2.90 bits per heavy atom. The summed E-state index contributed by atoms with van der Waals surface area (Å²) in [7, 11) is 0. The molecular weight excluding hydrogens is 282 g/mol. The largest absolute Gasteiger partial charge is 0.434 e. The molecular formula is C14H14F2N2OS. The van der Waals surface area contributed by atoms with Gasteiger partial charge in [0.05, 0.1) is 5.69 Å². The van der Waals surface area contributed by atoms with Crippen molar-refractivity contribution in [3.05, 3.63) is 34.7 Å². The lowest BCUT2D eigenvalue weighted by Gasteiger charge is -2.08. The lowest BCUT2D eigenvalue weighted by atomic mass is 10.1. The van der Waals surface area contributed by atoms with Crippen LogP contribution in [0.3, 0.4) is 0 Å². The minimum atomic E-state index is -2.83. The van der Waals surface area contributed by atoms with Gasteiger partial charge in [-0.15, -0.1) is 11.3 Å². The quantitative estimate of drug-likeness (QED) is 0.883. The summed E-state index contributed by atoms with van der Waals surface area (Å²) in [6.07, 6.45) is 2.45. The van der Waals surface area contributed by atoms with E-state index in [1.807, 2.05) is 5.38 Å². The number of aromatic nitrogens is 1. The average Bonchev–Trinajstić information content (AvgIpc) is 3.14. The number of benzene rings is 1. The third-order valence-corrected chi connectivity index (χ3v) is 3.90. The summed E-state index contributed by atoms with van der Waals surface area (Å²) in [5.74, 6) is 0.162. The molecule has 1 aliphatic carbocycles. The van der Waals surface area contributed by atoms with Gasteiger partial charge >= 0.3 is 6.61 Å². The Labute approximate surface area is 119 Å². The fraction of sp³-hybridized carbons (Fsp3) is 0.357. The number of para-hydroxylation sites is 1. The molecule has 1 aliphatic rings. The number of thiazole rings is 1. The fourth-order valence-corrected chi connectivity index (χ4v) is 2.66. The Hall–Kier alpha value is -1.53. The maximum atomic E-state index is 12.4. The van der Waals surface area contributed by atoms with Gasteiger partial charge in [-0.05, 0) is 25.0 Å². The maximum absolute atomic E-state index is 12.4. The van der Waals surface area contributed by atoms with E-state index in [2.05, 4.69) is 15.0 Å². The molecule has 1 aromatic heterocycles. The van der Waals surface area contributed by atoms with E-state index >= 15 is 0 Å². The van der Waals surface area contributed by atoms with Crippen LogP contribution in [-0.2, 0) is 6.54 Å². The molecule has 106 valence electrons. The van der Waals surface area contributed by atoms with Crippen molar-refractivity contribution in [1.82, 2.24) is 10.3 Å². The normalized spacial score (nSPS) is 14.8. The molecule has 0 spiro atoms. The van der Waals surface area contributed by atoms with Crippen molar-refractivity contribution < 1.29 is 13.5 Å². The summed E-state index contributed by atoms with van der Waals surface area (Å²) in [5, 5.41) is 6.21. The number of rotatable bonds is 6. The molecule has 1 fully saturated rings. The summed E-state index contributed by atoms with van der Waals surface area (Å²) in [4.78, 5) is 4.48. The minimum absolute atomic E-state index is 0.162. The number of hydrogen-bond acceptors (Lipinski definition) is 4. The van der Waals surface area contributed by atoms with Crippen molar-refractivity contribution in [3.8, 4) is 17.0 Å². The van der Waals surface area contributed by atoms with Crippen molar-refractivity contribution in [1.29, 1.82) is 0 Å². The molecule has 0 radical (unpaired) electrons. The minimum Gasteiger partial charge on any atom is -0.434 e. The average molecular weight is 296 g/mol. The second-order valence-corrected chi connectivity index (χ2v) is 5.60. The van der Waals surface area contributed by atoms with Gasteiger partial charge in [0.25, 0.3) is 0 Å². The topological polar surface area (TPSA) is 34.1 Å². The van der Waals surface area contributed by atoms with E-state index in [1.54, 1.807) is 18.2 Å². The zero-order chi connectivity index (χ0) is 13.9. The second-order valence-electron chi connectivity index (χ2n) is 4.66. The highest BCUT2D eigenvalue weighted by Crippen LogP contribution is 2.31. The van der Waals surface area contributed by atoms with Crippen LogP contribution in [0.5, 0.6) is 5.75 Å². The van der Waals surface area contributed by atoms with Crippen molar-refractivity contribution in [2.24, 2.45) is 0 Å². The first-order chi connectivity index (χ1) is 9.72. The Balaban J connectivity index is 1.77. The van der Waals surface area contributed by atoms with Crippen LogP contribution in [0, 0.1) is 0 Å². The van der Waals surface area contributed by atoms with E-state index in [0.717, 1.165) is 11.6 Å². The zero-order valence-corrected chi connectivity index (χ0v) is 11.5. The van der Waals surface area contributed by atoms with Crippen LogP contribution in [0.4, 0.5) is 8.78 Å². The molecule has 0 amide bonds. The summed E-state index contributed by atoms with van der Waals surface area (Å²) < 4.78 is 29.3. The van der Waals surface area contributed by atoms with Gasteiger partial charge in [-0.1, -0.05) is 12.1 Å². The highest BCUT2D eigenvalue weighted by atomic mass is 32.1. The van der Waals surface area contributed by atoms with Gasteiger partial charge in [-0.2, -0.15) is 8.78 Å². The SMILES string of the molecule is FC(F)Oc1ccccc1-c1csc(CNC2CC2)n1.